The summed E-state index contributed by atoms with van der Waals surface area (Å²) in [4.78, 5) is 12.0. The van der Waals surface area contributed by atoms with Gasteiger partial charge in [-0.05, 0) is 30.4 Å². The minimum absolute atomic E-state index is 0.0165. The van der Waals surface area contributed by atoms with E-state index in [-0.39, 0.29) is 17.1 Å². The van der Waals surface area contributed by atoms with Gasteiger partial charge in [0, 0.05) is 5.56 Å². The summed E-state index contributed by atoms with van der Waals surface area (Å²) in [7, 11) is 1.58. The fourth-order valence-electron chi connectivity index (χ4n) is 1.74. The van der Waals surface area contributed by atoms with Gasteiger partial charge in [-0.25, -0.2) is 0 Å². The topological polar surface area (TPSA) is 46.5 Å². The Kier molecular flexibility index (Phi) is 3.98. The van der Waals surface area contributed by atoms with Crippen LogP contribution in [0.1, 0.15) is 15.9 Å². The molecule has 0 aromatic heterocycles. The van der Waals surface area contributed by atoms with Crippen LogP contribution in [0, 0.1) is 0 Å². The lowest BCUT2D eigenvalue weighted by molar-refractivity contribution is 0.104. The Morgan fingerprint density at radius 1 is 1.11 bits per heavy atom. The Hall–Kier alpha value is -2.55. The molecule has 2 aromatic rings. The number of carbonyl (C=O) groups excluding carboxylic acids is 1. The number of aromatic hydroxyl groups is 1. The molecule has 3 nitrogen and oxygen atoms in total. The second kappa shape index (κ2) is 5.87. The molecule has 0 aliphatic carbocycles. The maximum atomic E-state index is 12.0. The van der Waals surface area contributed by atoms with Gasteiger partial charge >= 0.3 is 0 Å². The van der Waals surface area contributed by atoms with Crippen molar-refractivity contribution in [3.63, 3.8) is 0 Å². The monoisotopic (exact) mass is 254 g/mol. The molecule has 0 bridgehead atoms. The van der Waals surface area contributed by atoms with Crippen LogP contribution in [0.2, 0.25) is 0 Å². The molecule has 0 heterocycles. The summed E-state index contributed by atoms with van der Waals surface area (Å²) in [6.07, 6.45) is 3.10. The summed E-state index contributed by atoms with van der Waals surface area (Å²) in [6.45, 7) is 0. The van der Waals surface area contributed by atoms with Crippen molar-refractivity contribution in [1.29, 1.82) is 0 Å². The van der Waals surface area contributed by atoms with Crippen LogP contribution in [0.4, 0.5) is 0 Å². The third-order valence-corrected chi connectivity index (χ3v) is 2.72. The summed E-state index contributed by atoms with van der Waals surface area (Å²) in [5.41, 5.74) is 1.10. The van der Waals surface area contributed by atoms with Crippen LogP contribution in [-0.4, -0.2) is 18.0 Å². The molecule has 96 valence electrons. The number of benzene rings is 2. The molecule has 0 fully saturated rings. The first-order valence-electron chi connectivity index (χ1n) is 5.86. The number of ether oxygens (including phenoxy) is 1. The van der Waals surface area contributed by atoms with Crippen molar-refractivity contribution in [3.8, 4) is 11.5 Å². The zero-order valence-electron chi connectivity index (χ0n) is 10.5. The first-order valence-corrected chi connectivity index (χ1v) is 5.86. The Morgan fingerprint density at radius 3 is 2.53 bits per heavy atom. The van der Waals surface area contributed by atoms with E-state index < -0.39 is 0 Å². The minimum Gasteiger partial charge on any atom is -0.507 e. The number of hydrogen-bond donors (Lipinski definition) is 1. The largest absolute Gasteiger partial charge is 0.507 e. The molecular formula is C16H14O3. The van der Waals surface area contributed by atoms with Crippen LogP contribution >= 0.6 is 0 Å². The molecular weight excluding hydrogens is 240 g/mol. The lowest BCUT2D eigenvalue weighted by Gasteiger charge is -2.03. The number of para-hydroxylation sites is 2. The number of methoxy groups -OCH3 is 1. The molecule has 3 heteroatoms. The number of rotatable bonds is 4. The molecule has 0 radical (unpaired) electrons. The van der Waals surface area contributed by atoms with Gasteiger partial charge < -0.3 is 9.84 Å². The lowest BCUT2D eigenvalue weighted by atomic mass is 10.1. The van der Waals surface area contributed by atoms with Crippen molar-refractivity contribution >= 4 is 11.9 Å². The highest BCUT2D eigenvalue weighted by Gasteiger charge is 2.07. The molecule has 0 aliphatic heterocycles. The number of carbonyl (C=O) groups is 1. The van der Waals surface area contributed by atoms with Gasteiger partial charge in [0.1, 0.15) is 11.5 Å². The third-order valence-electron chi connectivity index (χ3n) is 2.72. The predicted octanol–water partition coefficient (Wildman–Crippen LogP) is 3.30. The maximum absolute atomic E-state index is 12.0. The molecule has 0 unspecified atom stereocenters. The van der Waals surface area contributed by atoms with Gasteiger partial charge in [0.15, 0.2) is 5.78 Å². The first-order chi connectivity index (χ1) is 9.22. The Labute approximate surface area is 111 Å². The number of hydrogen-bond acceptors (Lipinski definition) is 3. The van der Waals surface area contributed by atoms with Gasteiger partial charge in [-0.1, -0.05) is 30.3 Å². The van der Waals surface area contributed by atoms with Crippen molar-refractivity contribution in [1.82, 2.24) is 0 Å². The highest BCUT2D eigenvalue weighted by atomic mass is 16.5. The Balaban J connectivity index is 2.24. The van der Waals surface area contributed by atoms with Crippen molar-refractivity contribution in [3.05, 3.63) is 65.7 Å². The van der Waals surface area contributed by atoms with Gasteiger partial charge in [-0.3, -0.25) is 4.79 Å². The van der Waals surface area contributed by atoms with E-state index in [2.05, 4.69) is 0 Å². The normalized spacial score (nSPS) is 10.6. The summed E-state index contributed by atoms with van der Waals surface area (Å²) in [6, 6.07) is 13.9. The quantitative estimate of drug-likeness (QED) is 0.672. The van der Waals surface area contributed by atoms with Crippen molar-refractivity contribution in [2.24, 2.45) is 0 Å². The van der Waals surface area contributed by atoms with Gasteiger partial charge in [0.05, 0.1) is 12.7 Å². The molecule has 19 heavy (non-hydrogen) atoms. The van der Waals surface area contributed by atoms with E-state index in [0.717, 1.165) is 5.56 Å². The van der Waals surface area contributed by atoms with Crippen molar-refractivity contribution < 1.29 is 14.6 Å². The van der Waals surface area contributed by atoms with E-state index in [4.69, 9.17) is 4.74 Å². The minimum atomic E-state index is -0.246. The molecule has 0 aliphatic rings. The standard InChI is InChI=1S/C16H14O3/c1-19-16-9-5-2-6-12(16)10-11-15(18)13-7-3-4-8-14(13)17/h2-11,17H,1H3/b11-10+. The van der Waals surface area contributed by atoms with E-state index in [1.165, 1.54) is 12.1 Å². The maximum Gasteiger partial charge on any atom is 0.189 e. The van der Waals surface area contributed by atoms with Gasteiger partial charge in [0.25, 0.3) is 0 Å². The predicted molar refractivity (Wildman–Crippen MR) is 74.5 cm³/mol. The van der Waals surface area contributed by atoms with Crippen LogP contribution in [0.5, 0.6) is 11.5 Å². The Bertz CT molecular complexity index is 615. The van der Waals surface area contributed by atoms with Crippen LogP contribution in [-0.2, 0) is 0 Å². The molecule has 0 atom stereocenters. The smallest absolute Gasteiger partial charge is 0.189 e. The second-order valence-corrected chi connectivity index (χ2v) is 3.96. The van der Waals surface area contributed by atoms with E-state index in [1.807, 2.05) is 24.3 Å². The first kappa shape index (κ1) is 12.9. The van der Waals surface area contributed by atoms with Crippen LogP contribution in [0.15, 0.2) is 54.6 Å². The van der Waals surface area contributed by atoms with E-state index in [9.17, 15) is 9.90 Å². The fraction of sp³-hybridized carbons (Fsp3) is 0.0625. The van der Waals surface area contributed by atoms with Gasteiger partial charge in [0.2, 0.25) is 0 Å². The number of allylic oxidation sites excluding steroid dienone is 1. The summed E-state index contributed by atoms with van der Waals surface area (Å²) < 4.78 is 5.20. The average Bonchev–Trinajstić information content (AvgIpc) is 2.45. The molecule has 2 aromatic carbocycles. The van der Waals surface area contributed by atoms with Crippen molar-refractivity contribution in [2.75, 3.05) is 7.11 Å². The highest BCUT2D eigenvalue weighted by Crippen LogP contribution is 2.20. The Morgan fingerprint density at radius 2 is 1.79 bits per heavy atom. The molecule has 0 amide bonds. The lowest BCUT2D eigenvalue weighted by Crippen LogP contribution is -1.94. The molecule has 0 saturated carbocycles. The second-order valence-electron chi connectivity index (χ2n) is 3.96. The van der Waals surface area contributed by atoms with E-state index in [0.29, 0.717) is 5.75 Å². The third kappa shape index (κ3) is 3.01. The summed E-state index contributed by atoms with van der Waals surface area (Å²) in [5, 5.41) is 9.60. The summed E-state index contributed by atoms with van der Waals surface area (Å²) >= 11 is 0. The van der Waals surface area contributed by atoms with E-state index >= 15 is 0 Å². The number of phenols is 1. The average molecular weight is 254 g/mol. The van der Waals surface area contributed by atoms with E-state index in [1.54, 1.807) is 31.4 Å². The highest BCUT2D eigenvalue weighted by molar-refractivity contribution is 6.08. The molecule has 0 spiro atoms. The van der Waals surface area contributed by atoms with Crippen LogP contribution in [0.3, 0.4) is 0 Å². The van der Waals surface area contributed by atoms with Gasteiger partial charge in [-0.2, -0.15) is 0 Å². The van der Waals surface area contributed by atoms with Crippen molar-refractivity contribution in [2.45, 2.75) is 0 Å². The summed E-state index contributed by atoms with van der Waals surface area (Å²) in [5.74, 6) is 0.435. The molecule has 2 rings (SSSR count). The SMILES string of the molecule is COc1ccccc1/C=C/C(=O)c1ccccc1O. The van der Waals surface area contributed by atoms with Gasteiger partial charge in [-0.15, -0.1) is 0 Å². The molecule has 0 saturated heterocycles. The number of phenolic OH excluding ortho intramolecular Hbond substituents is 1. The number of ketones is 1. The van der Waals surface area contributed by atoms with Crippen LogP contribution in [0.25, 0.3) is 6.08 Å². The fourth-order valence-corrected chi connectivity index (χ4v) is 1.74. The zero-order chi connectivity index (χ0) is 13.7. The zero-order valence-corrected chi connectivity index (χ0v) is 10.5. The molecule has 1 N–H and O–H groups in total. The van der Waals surface area contributed by atoms with Crippen LogP contribution < -0.4 is 4.74 Å².